The summed E-state index contributed by atoms with van der Waals surface area (Å²) in [7, 11) is 0. The molecule has 27 heavy (non-hydrogen) atoms. The third-order valence-corrected chi connectivity index (χ3v) is 6.63. The van der Waals surface area contributed by atoms with Crippen molar-refractivity contribution in [3.05, 3.63) is 48.0 Å². The van der Waals surface area contributed by atoms with Gasteiger partial charge >= 0.3 is 5.97 Å². The van der Waals surface area contributed by atoms with Gasteiger partial charge in [-0.3, -0.25) is 9.59 Å². The van der Waals surface area contributed by atoms with Crippen LogP contribution in [0.1, 0.15) is 45.6 Å². The molecule has 2 aliphatic rings. The lowest BCUT2D eigenvalue weighted by molar-refractivity contribution is -0.162. The third kappa shape index (κ3) is 3.73. The van der Waals surface area contributed by atoms with E-state index >= 15 is 0 Å². The van der Waals surface area contributed by atoms with Crippen LogP contribution in [0.4, 0.5) is 0 Å². The zero-order valence-corrected chi connectivity index (χ0v) is 16.6. The van der Waals surface area contributed by atoms with E-state index in [4.69, 9.17) is 9.47 Å². The Hall–Kier alpha value is -1.94. The Labute approximate surface area is 161 Å². The van der Waals surface area contributed by atoms with Crippen LogP contribution in [0.15, 0.2) is 42.5 Å². The number of Topliss-reactive ketones (excluding diaryl/α,β-unsaturated/α-hetero) is 1. The monoisotopic (exact) mass is 370 g/mol. The summed E-state index contributed by atoms with van der Waals surface area (Å²) in [6.45, 7) is 6.80. The molecule has 4 atom stereocenters. The summed E-state index contributed by atoms with van der Waals surface area (Å²) in [5, 5.41) is 0. The number of esters is 1. The molecule has 1 fully saturated rings. The number of allylic oxidation sites excluding steroid dienone is 2. The van der Waals surface area contributed by atoms with E-state index in [1.54, 1.807) is 6.92 Å². The van der Waals surface area contributed by atoms with Crippen LogP contribution >= 0.6 is 0 Å². The Kier molecular flexibility index (Phi) is 5.85. The van der Waals surface area contributed by atoms with Gasteiger partial charge in [0.2, 0.25) is 0 Å². The van der Waals surface area contributed by atoms with Gasteiger partial charge in [-0.1, -0.05) is 56.3 Å². The van der Waals surface area contributed by atoms with Gasteiger partial charge in [-0.2, -0.15) is 0 Å². The first-order valence-electron chi connectivity index (χ1n) is 9.91. The average Bonchev–Trinajstić information content (AvgIpc) is 2.99. The van der Waals surface area contributed by atoms with Crippen molar-refractivity contribution in [1.29, 1.82) is 0 Å². The fraction of sp³-hybridized carbons (Fsp3) is 0.565. The summed E-state index contributed by atoms with van der Waals surface area (Å²) in [6, 6.07) is 9.75. The average molecular weight is 370 g/mol. The number of fused-ring (bicyclic) bond motifs is 1. The summed E-state index contributed by atoms with van der Waals surface area (Å²) in [6.07, 6.45) is 6.44. The summed E-state index contributed by atoms with van der Waals surface area (Å²) < 4.78 is 11.0. The minimum Gasteiger partial charge on any atom is -0.465 e. The van der Waals surface area contributed by atoms with Crippen LogP contribution in [0.2, 0.25) is 0 Å². The van der Waals surface area contributed by atoms with Crippen LogP contribution in [0, 0.1) is 22.7 Å². The molecule has 0 unspecified atom stereocenters. The van der Waals surface area contributed by atoms with E-state index < -0.39 is 5.41 Å². The number of ketones is 1. The number of ether oxygens (including phenoxy) is 2. The van der Waals surface area contributed by atoms with Crippen molar-refractivity contribution in [2.45, 2.75) is 46.6 Å². The van der Waals surface area contributed by atoms with Crippen molar-refractivity contribution in [3.8, 4) is 0 Å². The molecule has 0 N–H and O–H groups in total. The molecule has 0 aliphatic heterocycles. The minimum absolute atomic E-state index is 0.0589. The van der Waals surface area contributed by atoms with E-state index in [0.717, 1.165) is 12.0 Å². The molecule has 0 heterocycles. The highest BCUT2D eigenvalue weighted by Gasteiger charge is 2.61. The highest BCUT2D eigenvalue weighted by molar-refractivity contribution is 6.05. The van der Waals surface area contributed by atoms with Gasteiger partial charge in [0.25, 0.3) is 0 Å². The van der Waals surface area contributed by atoms with Crippen LogP contribution in [0.5, 0.6) is 0 Å². The Morgan fingerprint density at radius 2 is 1.96 bits per heavy atom. The minimum atomic E-state index is -1.09. The molecule has 0 spiro atoms. The highest BCUT2D eigenvalue weighted by Crippen LogP contribution is 2.60. The summed E-state index contributed by atoms with van der Waals surface area (Å²) in [4.78, 5) is 26.1. The largest absolute Gasteiger partial charge is 0.465 e. The van der Waals surface area contributed by atoms with Gasteiger partial charge in [0.05, 0.1) is 13.2 Å². The smallest absolute Gasteiger partial charge is 0.319 e. The lowest BCUT2D eigenvalue weighted by atomic mass is 9.65. The van der Waals surface area contributed by atoms with E-state index in [-0.39, 0.29) is 36.3 Å². The molecule has 1 aromatic rings. The second kappa shape index (κ2) is 7.97. The van der Waals surface area contributed by atoms with E-state index in [0.29, 0.717) is 25.4 Å². The zero-order chi connectivity index (χ0) is 19.5. The second-order valence-electron chi connectivity index (χ2n) is 8.26. The summed E-state index contributed by atoms with van der Waals surface area (Å²) >= 11 is 0. The number of carbonyl (C=O) groups excluding carboxylic acids is 2. The number of rotatable bonds is 7. The normalized spacial score (nSPS) is 32.1. The van der Waals surface area contributed by atoms with Crippen molar-refractivity contribution in [3.63, 3.8) is 0 Å². The van der Waals surface area contributed by atoms with Crippen molar-refractivity contribution < 1.29 is 19.1 Å². The number of benzene rings is 1. The fourth-order valence-corrected chi connectivity index (χ4v) is 4.73. The molecule has 1 saturated carbocycles. The molecule has 0 radical (unpaired) electrons. The lowest BCUT2D eigenvalue weighted by Gasteiger charge is -2.39. The molecular formula is C23H30O4. The molecule has 2 aliphatic carbocycles. The second-order valence-corrected chi connectivity index (χ2v) is 8.26. The standard InChI is InChI=1S/C23H30O4/c1-4-27-21(25)23(13-19-12-8-9-17(2)22(19,3)16-23)20(24)15-26-14-18-10-6-5-7-11-18/h5-8,10-12,17,19H,4,9,13-16H2,1-3H3/t17-,19-,22+,23+/m1/s1. The van der Waals surface area contributed by atoms with Gasteiger partial charge < -0.3 is 9.47 Å². The Morgan fingerprint density at radius 3 is 2.63 bits per heavy atom. The maximum absolute atomic E-state index is 13.2. The topological polar surface area (TPSA) is 52.6 Å². The quantitative estimate of drug-likeness (QED) is 0.407. The number of hydrogen-bond donors (Lipinski definition) is 0. The van der Waals surface area contributed by atoms with Crippen LogP contribution < -0.4 is 0 Å². The molecule has 4 heteroatoms. The molecular weight excluding hydrogens is 340 g/mol. The molecule has 3 rings (SSSR count). The van der Waals surface area contributed by atoms with Gasteiger partial charge in [-0.05, 0) is 49.0 Å². The summed E-state index contributed by atoms with van der Waals surface area (Å²) in [5.74, 6) is 0.133. The SMILES string of the molecule is CCOC(=O)[C@@]1(C(=O)COCc2ccccc2)C[C@H]2C=CC[C@@H](C)[C@]2(C)C1. The first-order chi connectivity index (χ1) is 12.9. The molecule has 1 aromatic carbocycles. The highest BCUT2D eigenvalue weighted by atomic mass is 16.5. The molecule has 0 bridgehead atoms. The zero-order valence-electron chi connectivity index (χ0n) is 16.6. The van der Waals surface area contributed by atoms with E-state index in [9.17, 15) is 9.59 Å². The molecule has 4 nitrogen and oxygen atoms in total. The van der Waals surface area contributed by atoms with E-state index in [2.05, 4.69) is 26.0 Å². The fourth-order valence-electron chi connectivity index (χ4n) is 4.73. The summed E-state index contributed by atoms with van der Waals surface area (Å²) in [5.41, 5.74) is -0.134. The van der Waals surface area contributed by atoms with Crippen molar-refractivity contribution in [2.75, 3.05) is 13.2 Å². The molecule has 0 amide bonds. The van der Waals surface area contributed by atoms with Gasteiger partial charge in [-0.25, -0.2) is 0 Å². The van der Waals surface area contributed by atoms with Crippen LogP contribution in [-0.2, 0) is 25.7 Å². The Bertz CT molecular complexity index is 710. The van der Waals surface area contributed by atoms with E-state index in [1.807, 2.05) is 30.3 Å². The van der Waals surface area contributed by atoms with Crippen molar-refractivity contribution in [2.24, 2.45) is 22.7 Å². The first-order valence-corrected chi connectivity index (χ1v) is 9.91. The van der Waals surface area contributed by atoms with Crippen molar-refractivity contribution >= 4 is 11.8 Å². The van der Waals surface area contributed by atoms with Crippen LogP contribution in [0.3, 0.4) is 0 Å². The Balaban J connectivity index is 1.76. The van der Waals surface area contributed by atoms with Gasteiger partial charge in [-0.15, -0.1) is 0 Å². The van der Waals surface area contributed by atoms with Gasteiger partial charge in [0.15, 0.2) is 5.78 Å². The Morgan fingerprint density at radius 1 is 1.22 bits per heavy atom. The predicted octanol–water partition coefficient (Wildman–Crippen LogP) is 4.33. The molecule has 146 valence electrons. The van der Waals surface area contributed by atoms with Gasteiger partial charge in [0, 0.05) is 0 Å². The van der Waals surface area contributed by atoms with Crippen molar-refractivity contribution in [1.82, 2.24) is 0 Å². The molecule has 0 aromatic heterocycles. The maximum Gasteiger partial charge on any atom is 0.319 e. The van der Waals surface area contributed by atoms with Crippen LogP contribution in [0.25, 0.3) is 0 Å². The maximum atomic E-state index is 13.2. The predicted molar refractivity (Wildman–Crippen MR) is 104 cm³/mol. The van der Waals surface area contributed by atoms with E-state index in [1.165, 1.54) is 0 Å². The number of hydrogen-bond acceptors (Lipinski definition) is 4. The van der Waals surface area contributed by atoms with Gasteiger partial charge in [0.1, 0.15) is 12.0 Å². The first kappa shape index (κ1) is 19.8. The third-order valence-electron chi connectivity index (χ3n) is 6.63. The molecule has 0 saturated heterocycles. The number of carbonyl (C=O) groups is 2. The van der Waals surface area contributed by atoms with Crippen LogP contribution in [-0.4, -0.2) is 25.0 Å². The lowest BCUT2D eigenvalue weighted by Crippen LogP contribution is -2.42.